The quantitative estimate of drug-likeness (QED) is 0.243. The van der Waals surface area contributed by atoms with Gasteiger partial charge in [0.15, 0.2) is 0 Å². The number of imidazole rings is 1. The molecule has 5 heteroatoms. The molecule has 4 rings (SSSR count). The summed E-state index contributed by atoms with van der Waals surface area (Å²) in [6.45, 7) is 8.53. The van der Waals surface area contributed by atoms with Crippen LogP contribution in [0.5, 0.6) is 5.75 Å². The molecule has 0 unspecified atom stereocenters. The second-order valence-electron chi connectivity index (χ2n) is 9.65. The van der Waals surface area contributed by atoms with Crippen LogP contribution in [0.2, 0.25) is 0 Å². The standard InChI is InChI=1S/C31H37N3O2/c1-23(2)26-16-14-24(3)22-29(26)36-21-9-20-34-28-13-8-7-12-27(28)33-30(34)18-19-32-31(35)17-15-25-10-5-4-6-11-25/h4-8,10-14,16,22-23H,9,15,17-21H2,1-3H3,(H,32,35). The first-order chi connectivity index (χ1) is 17.5. The number of benzene rings is 3. The lowest BCUT2D eigenvalue weighted by atomic mass is 10.0. The Balaban J connectivity index is 1.33. The van der Waals surface area contributed by atoms with Crippen molar-refractivity contribution >= 4 is 16.9 Å². The van der Waals surface area contributed by atoms with E-state index >= 15 is 0 Å². The Kier molecular flexibility index (Phi) is 8.77. The lowest BCUT2D eigenvalue weighted by molar-refractivity contribution is -0.121. The minimum absolute atomic E-state index is 0.0778. The molecule has 0 aliphatic heterocycles. The van der Waals surface area contributed by atoms with Gasteiger partial charge < -0.3 is 14.6 Å². The summed E-state index contributed by atoms with van der Waals surface area (Å²) in [6, 6.07) is 24.8. The monoisotopic (exact) mass is 483 g/mol. The number of aromatic nitrogens is 2. The van der Waals surface area contributed by atoms with E-state index in [1.54, 1.807) is 0 Å². The zero-order valence-electron chi connectivity index (χ0n) is 21.7. The van der Waals surface area contributed by atoms with Crippen molar-refractivity contribution in [3.05, 3.63) is 95.3 Å². The Bertz CT molecular complexity index is 1280. The number of rotatable bonds is 12. The van der Waals surface area contributed by atoms with E-state index in [-0.39, 0.29) is 5.91 Å². The van der Waals surface area contributed by atoms with Gasteiger partial charge >= 0.3 is 0 Å². The van der Waals surface area contributed by atoms with Crippen LogP contribution in [0, 0.1) is 6.92 Å². The third kappa shape index (κ3) is 6.75. The molecule has 0 radical (unpaired) electrons. The van der Waals surface area contributed by atoms with Crippen molar-refractivity contribution in [2.45, 2.75) is 58.9 Å². The molecule has 0 aliphatic carbocycles. The summed E-state index contributed by atoms with van der Waals surface area (Å²) in [5.41, 5.74) is 5.76. The fourth-order valence-electron chi connectivity index (χ4n) is 4.52. The van der Waals surface area contributed by atoms with E-state index < -0.39 is 0 Å². The molecular weight excluding hydrogens is 446 g/mol. The Morgan fingerprint density at radius 1 is 1.00 bits per heavy atom. The van der Waals surface area contributed by atoms with Crippen LogP contribution in [0.4, 0.5) is 0 Å². The van der Waals surface area contributed by atoms with Gasteiger partial charge in [-0.15, -0.1) is 0 Å². The maximum atomic E-state index is 12.4. The van der Waals surface area contributed by atoms with Gasteiger partial charge in [-0.3, -0.25) is 4.79 Å². The Morgan fingerprint density at radius 3 is 2.58 bits per heavy atom. The minimum Gasteiger partial charge on any atom is -0.493 e. The number of fused-ring (bicyclic) bond motifs is 1. The molecule has 0 saturated heterocycles. The number of para-hydroxylation sites is 2. The molecule has 1 heterocycles. The third-order valence-corrected chi connectivity index (χ3v) is 6.46. The number of amides is 1. The minimum atomic E-state index is 0.0778. The average Bonchev–Trinajstić information content (AvgIpc) is 3.23. The van der Waals surface area contributed by atoms with Gasteiger partial charge in [-0.1, -0.05) is 68.4 Å². The van der Waals surface area contributed by atoms with Crippen LogP contribution in [0.15, 0.2) is 72.8 Å². The smallest absolute Gasteiger partial charge is 0.220 e. The van der Waals surface area contributed by atoms with E-state index in [1.807, 2.05) is 36.4 Å². The normalized spacial score (nSPS) is 11.2. The molecule has 0 fully saturated rings. The van der Waals surface area contributed by atoms with Crippen molar-refractivity contribution in [1.29, 1.82) is 0 Å². The highest BCUT2D eigenvalue weighted by Gasteiger charge is 2.12. The zero-order chi connectivity index (χ0) is 25.3. The van der Waals surface area contributed by atoms with E-state index in [1.165, 1.54) is 16.7 Å². The van der Waals surface area contributed by atoms with Crippen molar-refractivity contribution in [3.8, 4) is 5.75 Å². The molecule has 1 amide bonds. The maximum absolute atomic E-state index is 12.4. The summed E-state index contributed by atoms with van der Waals surface area (Å²) in [5.74, 6) is 2.48. The van der Waals surface area contributed by atoms with Crippen molar-refractivity contribution in [3.63, 3.8) is 0 Å². The first-order valence-electron chi connectivity index (χ1n) is 13.0. The van der Waals surface area contributed by atoms with E-state index in [4.69, 9.17) is 9.72 Å². The zero-order valence-corrected chi connectivity index (χ0v) is 21.7. The third-order valence-electron chi connectivity index (χ3n) is 6.46. The lowest BCUT2D eigenvalue weighted by Gasteiger charge is -2.15. The van der Waals surface area contributed by atoms with Crippen molar-refractivity contribution in [1.82, 2.24) is 14.9 Å². The summed E-state index contributed by atoms with van der Waals surface area (Å²) >= 11 is 0. The predicted molar refractivity (Wildman–Crippen MR) is 147 cm³/mol. The molecule has 5 nitrogen and oxygen atoms in total. The van der Waals surface area contributed by atoms with Crippen molar-refractivity contribution < 1.29 is 9.53 Å². The van der Waals surface area contributed by atoms with Crippen LogP contribution in [-0.2, 0) is 24.2 Å². The van der Waals surface area contributed by atoms with E-state index in [2.05, 4.69) is 67.1 Å². The first-order valence-corrected chi connectivity index (χ1v) is 13.0. The van der Waals surface area contributed by atoms with Crippen LogP contribution in [-0.4, -0.2) is 28.6 Å². The Hall–Kier alpha value is -3.60. The largest absolute Gasteiger partial charge is 0.493 e. The molecular formula is C31H37N3O2. The summed E-state index contributed by atoms with van der Waals surface area (Å²) in [4.78, 5) is 17.2. The number of nitrogens with zero attached hydrogens (tertiary/aromatic N) is 2. The number of carbonyl (C=O) groups is 1. The summed E-state index contributed by atoms with van der Waals surface area (Å²) in [5, 5.41) is 3.07. The van der Waals surface area contributed by atoms with E-state index in [0.717, 1.165) is 42.0 Å². The average molecular weight is 484 g/mol. The number of carbonyl (C=O) groups excluding carboxylic acids is 1. The number of hydrogen-bond acceptors (Lipinski definition) is 3. The number of ether oxygens (including phenoxy) is 1. The molecule has 36 heavy (non-hydrogen) atoms. The topological polar surface area (TPSA) is 56.1 Å². The lowest BCUT2D eigenvalue weighted by Crippen LogP contribution is -2.26. The molecule has 0 spiro atoms. The second kappa shape index (κ2) is 12.4. The van der Waals surface area contributed by atoms with E-state index in [0.29, 0.717) is 31.9 Å². The predicted octanol–water partition coefficient (Wildman–Crippen LogP) is 6.23. The summed E-state index contributed by atoms with van der Waals surface area (Å²) < 4.78 is 8.49. The Morgan fingerprint density at radius 2 is 1.78 bits per heavy atom. The molecule has 1 N–H and O–H groups in total. The van der Waals surface area contributed by atoms with Crippen LogP contribution in [0.3, 0.4) is 0 Å². The highest BCUT2D eigenvalue weighted by Crippen LogP contribution is 2.27. The van der Waals surface area contributed by atoms with Crippen LogP contribution in [0.1, 0.15) is 55.1 Å². The van der Waals surface area contributed by atoms with Gasteiger partial charge in [0, 0.05) is 25.9 Å². The molecule has 1 aromatic heterocycles. The highest BCUT2D eigenvalue weighted by atomic mass is 16.5. The second-order valence-corrected chi connectivity index (χ2v) is 9.65. The first kappa shape index (κ1) is 25.5. The van der Waals surface area contributed by atoms with Gasteiger partial charge in [0.2, 0.25) is 5.91 Å². The van der Waals surface area contributed by atoms with Crippen LogP contribution in [0.25, 0.3) is 11.0 Å². The molecule has 0 atom stereocenters. The number of nitrogens with one attached hydrogen (secondary N) is 1. The van der Waals surface area contributed by atoms with Gasteiger partial charge in [-0.2, -0.15) is 0 Å². The summed E-state index contributed by atoms with van der Waals surface area (Å²) in [7, 11) is 0. The number of aryl methyl sites for hydroxylation is 3. The van der Waals surface area contributed by atoms with Gasteiger partial charge in [0.1, 0.15) is 11.6 Å². The maximum Gasteiger partial charge on any atom is 0.220 e. The fraction of sp³-hybridized carbons (Fsp3) is 0.355. The molecule has 4 aromatic rings. The van der Waals surface area contributed by atoms with Crippen LogP contribution < -0.4 is 10.1 Å². The Labute approximate surface area is 214 Å². The summed E-state index contributed by atoms with van der Waals surface area (Å²) in [6.07, 6.45) is 2.82. The van der Waals surface area contributed by atoms with Crippen molar-refractivity contribution in [2.75, 3.05) is 13.2 Å². The van der Waals surface area contributed by atoms with Gasteiger partial charge in [0.25, 0.3) is 0 Å². The van der Waals surface area contributed by atoms with Gasteiger partial charge in [-0.05, 0) is 60.6 Å². The molecule has 188 valence electrons. The molecule has 0 aliphatic rings. The van der Waals surface area contributed by atoms with Gasteiger partial charge in [-0.25, -0.2) is 4.98 Å². The van der Waals surface area contributed by atoms with Gasteiger partial charge in [0.05, 0.1) is 17.6 Å². The molecule has 0 saturated carbocycles. The van der Waals surface area contributed by atoms with Crippen LogP contribution >= 0.6 is 0 Å². The van der Waals surface area contributed by atoms with Crippen molar-refractivity contribution in [2.24, 2.45) is 0 Å². The molecule has 3 aromatic carbocycles. The highest BCUT2D eigenvalue weighted by molar-refractivity contribution is 5.77. The number of hydrogen-bond donors (Lipinski definition) is 1. The van der Waals surface area contributed by atoms with E-state index in [9.17, 15) is 4.79 Å². The SMILES string of the molecule is Cc1ccc(C(C)C)c(OCCCn2c(CCNC(=O)CCc3ccccc3)nc3ccccc32)c1. The fourth-order valence-corrected chi connectivity index (χ4v) is 4.52. The molecule has 0 bridgehead atoms.